The number of halogens is 1. The average molecular weight is 192 g/mol. The fourth-order valence-electron chi connectivity index (χ4n) is 1.83. The van der Waals surface area contributed by atoms with Crippen molar-refractivity contribution in [2.75, 3.05) is 7.11 Å². The first kappa shape index (κ1) is 9.25. The standard InChI is InChI=1S/C12H13FO/c1-14-12-7-10(6-11(13)8-12)9-4-2-3-5-9/h2-3,6-9H,4-5H2,1H3. The molecular formula is C12H13FO. The van der Waals surface area contributed by atoms with Crippen LogP contribution in [0.5, 0.6) is 5.75 Å². The first-order chi connectivity index (χ1) is 6.79. The lowest BCUT2D eigenvalue weighted by Gasteiger charge is -2.11. The minimum Gasteiger partial charge on any atom is -0.497 e. The van der Waals surface area contributed by atoms with Crippen LogP contribution in [0.1, 0.15) is 24.3 Å². The highest BCUT2D eigenvalue weighted by Crippen LogP contribution is 2.31. The third kappa shape index (κ3) is 1.79. The van der Waals surface area contributed by atoms with Crippen LogP contribution in [0.4, 0.5) is 4.39 Å². The van der Waals surface area contributed by atoms with Crippen LogP contribution >= 0.6 is 0 Å². The molecule has 2 rings (SSSR count). The second-order valence-corrected chi connectivity index (χ2v) is 3.56. The Morgan fingerprint density at radius 1 is 1.21 bits per heavy atom. The monoisotopic (exact) mass is 192 g/mol. The molecule has 0 N–H and O–H groups in total. The third-order valence-electron chi connectivity index (χ3n) is 2.61. The van der Waals surface area contributed by atoms with Gasteiger partial charge >= 0.3 is 0 Å². The maximum atomic E-state index is 13.2. The molecule has 0 saturated heterocycles. The van der Waals surface area contributed by atoms with Gasteiger partial charge in [0.1, 0.15) is 11.6 Å². The van der Waals surface area contributed by atoms with Crippen molar-refractivity contribution in [2.45, 2.75) is 18.8 Å². The van der Waals surface area contributed by atoms with E-state index < -0.39 is 0 Å². The summed E-state index contributed by atoms with van der Waals surface area (Å²) in [5.41, 5.74) is 1.03. The molecule has 74 valence electrons. The lowest BCUT2D eigenvalue weighted by molar-refractivity contribution is 0.410. The molecule has 0 saturated carbocycles. The van der Waals surface area contributed by atoms with Gasteiger partial charge in [-0.15, -0.1) is 0 Å². The molecule has 0 aromatic heterocycles. The largest absolute Gasteiger partial charge is 0.497 e. The van der Waals surface area contributed by atoms with Crippen molar-refractivity contribution in [3.63, 3.8) is 0 Å². The van der Waals surface area contributed by atoms with E-state index in [1.54, 1.807) is 13.2 Å². The Morgan fingerprint density at radius 2 is 1.93 bits per heavy atom. The number of hydrogen-bond donors (Lipinski definition) is 0. The number of rotatable bonds is 2. The van der Waals surface area contributed by atoms with Crippen LogP contribution in [-0.2, 0) is 0 Å². The molecule has 0 spiro atoms. The van der Waals surface area contributed by atoms with Crippen LogP contribution in [0.15, 0.2) is 30.4 Å². The molecule has 0 amide bonds. The number of allylic oxidation sites excluding steroid dienone is 2. The number of methoxy groups -OCH3 is 1. The van der Waals surface area contributed by atoms with Crippen LogP contribution in [0.3, 0.4) is 0 Å². The predicted molar refractivity (Wildman–Crippen MR) is 54.1 cm³/mol. The van der Waals surface area contributed by atoms with Crippen LogP contribution in [0, 0.1) is 5.82 Å². The second-order valence-electron chi connectivity index (χ2n) is 3.56. The summed E-state index contributed by atoms with van der Waals surface area (Å²) in [6, 6.07) is 4.92. The molecule has 1 nitrogen and oxygen atoms in total. The van der Waals surface area contributed by atoms with Crippen molar-refractivity contribution in [1.29, 1.82) is 0 Å². The fraction of sp³-hybridized carbons (Fsp3) is 0.333. The molecule has 0 fully saturated rings. The zero-order valence-corrected chi connectivity index (χ0v) is 8.16. The topological polar surface area (TPSA) is 9.23 Å². The minimum atomic E-state index is -0.216. The zero-order valence-electron chi connectivity index (χ0n) is 8.16. The Bertz CT molecular complexity index is 349. The normalized spacial score (nSPS) is 16.1. The van der Waals surface area contributed by atoms with Crippen molar-refractivity contribution in [3.05, 3.63) is 41.7 Å². The molecule has 0 aliphatic heterocycles. The zero-order chi connectivity index (χ0) is 9.97. The van der Waals surface area contributed by atoms with Gasteiger partial charge in [0.25, 0.3) is 0 Å². The molecule has 0 unspecified atom stereocenters. The van der Waals surface area contributed by atoms with E-state index in [2.05, 4.69) is 12.2 Å². The van der Waals surface area contributed by atoms with Gasteiger partial charge in [0.2, 0.25) is 0 Å². The fourth-order valence-corrected chi connectivity index (χ4v) is 1.83. The molecule has 14 heavy (non-hydrogen) atoms. The van der Waals surface area contributed by atoms with Crippen LogP contribution < -0.4 is 4.74 Å². The molecule has 1 aromatic carbocycles. The number of hydrogen-bond acceptors (Lipinski definition) is 1. The summed E-state index contributed by atoms with van der Waals surface area (Å²) in [6.07, 6.45) is 6.29. The lowest BCUT2D eigenvalue weighted by atomic mass is 9.97. The molecule has 0 heterocycles. The molecular weight excluding hydrogens is 179 g/mol. The summed E-state index contributed by atoms with van der Waals surface area (Å²) < 4.78 is 18.2. The first-order valence-corrected chi connectivity index (χ1v) is 4.79. The Morgan fingerprint density at radius 3 is 2.57 bits per heavy atom. The lowest BCUT2D eigenvalue weighted by Crippen LogP contribution is -1.95. The highest BCUT2D eigenvalue weighted by Gasteiger charge is 2.14. The Hall–Kier alpha value is -1.31. The first-order valence-electron chi connectivity index (χ1n) is 4.79. The van der Waals surface area contributed by atoms with Crippen molar-refractivity contribution >= 4 is 0 Å². The summed E-state index contributed by atoms with van der Waals surface area (Å²) >= 11 is 0. The Kier molecular flexibility index (Phi) is 2.53. The van der Waals surface area contributed by atoms with Crippen LogP contribution in [0.25, 0.3) is 0 Å². The van der Waals surface area contributed by atoms with Gasteiger partial charge in [-0.3, -0.25) is 0 Å². The van der Waals surface area contributed by atoms with Crippen LogP contribution in [-0.4, -0.2) is 7.11 Å². The van der Waals surface area contributed by atoms with Crippen LogP contribution in [0.2, 0.25) is 0 Å². The van der Waals surface area contributed by atoms with Gasteiger partial charge < -0.3 is 4.74 Å². The van der Waals surface area contributed by atoms with E-state index in [1.165, 1.54) is 6.07 Å². The summed E-state index contributed by atoms with van der Waals surface area (Å²) in [6.45, 7) is 0. The minimum absolute atomic E-state index is 0.216. The summed E-state index contributed by atoms with van der Waals surface area (Å²) in [5.74, 6) is 0.817. The summed E-state index contributed by atoms with van der Waals surface area (Å²) in [5, 5.41) is 0. The van der Waals surface area contributed by atoms with Gasteiger partial charge in [0.05, 0.1) is 7.11 Å². The van der Waals surface area contributed by atoms with Gasteiger partial charge in [-0.25, -0.2) is 4.39 Å². The highest BCUT2D eigenvalue weighted by molar-refractivity contribution is 5.33. The Labute approximate surface area is 83.2 Å². The highest BCUT2D eigenvalue weighted by atomic mass is 19.1. The predicted octanol–water partition coefficient (Wildman–Crippen LogP) is 3.27. The van der Waals surface area contributed by atoms with E-state index in [1.807, 2.05) is 6.07 Å². The van der Waals surface area contributed by atoms with Gasteiger partial charge in [-0.1, -0.05) is 12.2 Å². The molecule has 2 heteroatoms. The van der Waals surface area contributed by atoms with Crippen molar-refractivity contribution < 1.29 is 9.13 Å². The molecule has 1 aliphatic rings. The average Bonchev–Trinajstić information content (AvgIpc) is 2.69. The summed E-state index contributed by atoms with van der Waals surface area (Å²) in [4.78, 5) is 0. The van der Waals surface area contributed by atoms with Gasteiger partial charge in [0, 0.05) is 6.07 Å². The van der Waals surface area contributed by atoms with E-state index in [-0.39, 0.29) is 5.82 Å². The quantitative estimate of drug-likeness (QED) is 0.653. The number of benzene rings is 1. The Balaban J connectivity index is 2.28. The molecule has 0 bridgehead atoms. The maximum absolute atomic E-state index is 13.2. The van der Waals surface area contributed by atoms with E-state index in [9.17, 15) is 4.39 Å². The maximum Gasteiger partial charge on any atom is 0.127 e. The SMILES string of the molecule is COc1cc(F)cc(C2CC=CC2)c1. The van der Waals surface area contributed by atoms with E-state index in [0.29, 0.717) is 11.7 Å². The van der Waals surface area contributed by atoms with Crippen molar-refractivity contribution in [1.82, 2.24) is 0 Å². The van der Waals surface area contributed by atoms with Gasteiger partial charge in [0.15, 0.2) is 0 Å². The number of ether oxygens (including phenoxy) is 1. The summed E-state index contributed by atoms with van der Waals surface area (Å²) in [7, 11) is 1.56. The van der Waals surface area contributed by atoms with Crippen molar-refractivity contribution in [2.24, 2.45) is 0 Å². The van der Waals surface area contributed by atoms with Gasteiger partial charge in [-0.05, 0) is 36.5 Å². The third-order valence-corrected chi connectivity index (χ3v) is 2.61. The smallest absolute Gasteiger partial charge is 0.127 e. The second kappa shape index (κ2) is 3.82. The molecule has 1 aliphatic carbocycles. The van der Waals surface area contributed by atoms with Gasteiger partial charge in [-0.2, -0.15) is 0 Å². The van der Waals surface area contributed by atoms with Crippen molar-refractivity contribution in [3.8, 4) is 5.75 Å². The van der Waals surface area contributed by atoms with E-state index in [0.717, 1.165) is 18.4 Å². The van der Waals surface area contributed by atoms with E-state index >= 15 is 0 Å². The molecule has 1 aromatic rings. The molecule has 0 atom stereocenters. The molecule has 0 radical (unpaired) electrons. The van der Waals surface area contributed by atoms with E-state index in [4.69, 9.17) is 4.74 Å².